The van der Waals surface area contributed by atoms with E-state index < -0.39 is 0 Å². The average Bonchev–Trinajstić information content (AvgIpc) is 2.94. The van der Waals surface area contributed by atoms with Gasteiger partial charge in [-0.1, -0.05) is 12.8 Å². The molecule has 0 aliphatic heterocycles. The maximum Gasteiger partial charge on any atom is 0.243 e. The molecule has 1 aromatic carbocycles. The summed E-state index contributed by atoms with van der Waals surface area (Å²) in [5, 5.41) is 2.65. The first kappa shape index (κ1) is 15.5. The Morgan fingerprint density at radius 2 is 1.86 bits per heavy atom. The highest BCUT2D eigenvalue weighted by molar-refractivity contribution is 5.94. The van der Waals surface area contributed by atoms with Crippen LogP contribution in [-0.4, -0.2) is 30.3 Å². The van der Waals surface area contributed by atoms with Crippen LogP contribution >= 0.6 is 0 Å². The molecule has 1 aliphatic carbocycles. The molecule has 4 nitrogen and oxygen atoms in total. The highest BCUT2D eigenvalue weighted by atomic mass is 19.1. The molecule has 0 radical (unpaired) electrons. The molecular formula is C16H21FN2O2. The summed E-state index contributed by atoms with van der Waals surface area (Å²) >= 11 is 0. The van der Waals surface area contributed by atoms with Gasteiger partial charge in [0.25, 0.3) is 0 Å². The molecule has 0 atom stereocenters. The topological polar surface area (TPSA) is 49.4 Å². The first-order valence-corrected chi connectivity index (χ1v) is 7.34. The Balaban J connectivity index is 1.78. The van der Waals surface area contributed by atoms with Gasteiger partial charge in [0.1, 0.15) is 5.82 Å². The number of anilines is 1. The third kappa shape index (κ3) is 4.85. The van der Waals surface area contributed by atoms with E-state index in [1.165, 1.54) is 42.0 Å². The SMILES string of the molecule is CN(CC(=O)Nc1ccc(F)cc1)C(=O)CC1CCCC1. The molecule has 0 bridgehead atoms. The predicted octanol–water partition coefficient (Wildman–Crippen LogP) is 2.80. The fourth-order valence-corrected chi connectivity index (χ4v) is 2.65. The Labute approximate surface area is 124 Å². The van der Waals surface area contributed by atoms with Crippen molar-refractivity contribution in [3.63, 3.8) is 0 Å². The number of halogens is 1. The zero-order chi connectivity index (χ0) is 15.2. The molecule has 1 fully saturated rings. The van der Waals surface area contributed by atoms with Gasteiger partial charge in [0, 0.05) is 19.2 Å². The van der Waals surface area contributed by atoms with E-state index in [2.05, 4.69) is 5.32 Å². The molecule has 1 aromatic rings. The predicted molar refractivity (Wildman–Crippen MR) is 79.2 cm³/mol. The molecule has 1 saturated carbocycles. The van der Waals surface area contributed by atoms with E-state index in [0.29, 0.717) is 18.0 Å². The van der Waals surface area contributed by atoms with Gasteiger partial charge in [0.2, 0.25) is 11.8 Å². The summed E-state index contributed by atoms with van der Waals surface area (Å²) in [7, 11) is 1.64. The highest BCUT2D eigenvalue weighted by Crippen LogP contribution is 2.27. The van der Waals surface area contributed by atoms with Gasteiger partial charge < -0.3 is 10.2 Å². The van der Waals surface area contributed by atoms with E-state index in [4.69, 9.17) is 0 Å². The molecule has 5 heteroatoms. The highest BCUT2D eigenvalue weighted by Gasteiger charge is 2.21. The van der Waals surface area contributed by atoms with Crippen molar-refractivity contribution in [2.24, 2.45) is 5.92 Å². The first-order valence-electron chi connectivity index (χ1n) is 7.34. The van der Waals surface area contributed by atoms with Crippen LogP contribution in [0.5, 0.6) is 0 Å². The van der Waals surface area contributed by atoms with Crippen molar-refractivity contribution in [1.82, 2.24) is 4.90 Å². The van der Waals surface area contributed by atoms with Crippen LogP contribution in [0.2, 0.25) is 0 Å². The minimum absolute atomic E-state index is 0.0103. The summed E-state index contributed by atoms with van der Waals surface area (Å²) in [5.41, 5.74) is 0.526. The Morgan fingerprint density at radius 3 is 2.48 bits per heavy atom. The van der Waals surface area contributed by atoms with Crippen LogP contribution in [0.1, 0.15) is 32.1 Å². The second-order valence-corrected chi connectivity index (χ2v) is 5.66. The number of hydrogen-bond acceptors (Lipinski definition) is 2. The van der Waals surface area contributed by atoms with Crippen LogP contribution in [0, 0.1) is 11.7 Å². The smallest absolute Gasteiger partial charge is 0.243 e. The number of rotatable bonds is 5. The molecule has 1 N–H and O–H groups in total. The summed E-state index contributed by atoms with van der Waals surface area (Å²) in [5.74, 6) is -0.142. The van der Waals surface area contributed by atoms with Gasteiger partial charge in [0.15, 0.2) is 0 Å². The summed E-state index contributed by atoms with van der Waals surface area (Å²) in [6.45, 7) is 0.0168. The van der Waals surface area contributed by atoms with Crippen molar-refractivity contribution in [2.45, 2.75) is 32.1 Å². The number of hydrogen-bond donors (Lipinski definition) is 1. The number of benzene rings is 1. The van der Waals surface area contributed by atoms with Gasteiger partial charge in [0.05, 0.1) is 6.54 Å². The number of amides is 2. The van der Waals surface area contributed by atoms with Crippen molar-refractivity contribution >= 4 is 17.5 Å². The lowest BCUT2D eigenvalue weighted by Gasteiger charge is -2.18. The quantitative estimate of drug-likeness (QED) is 0.907. The summed E-state index contributed by atoms with van der Waals surface area (Å²) in [6, 6.07) is 5.55. The largest absolute Gasteiger partial charge is 0.336 e. The lowest BCUT2D eigenvalue weighted by molar-refractivity contribution is -0.134. The lowest BCUT2D eigenvalue weighted by Crippen LogP contribution is -2.35. The Kier molecular flexibility index (Phi) is 5.31. The molecule has 0 aromatic heterocycles. The van der Waals surface area contributed by atoms with Crippen molar-refractivity contribution in [1.29, 1.82) is 0 Å². The minimum atomic E-state index is -0.350. The number of nitrogens with zero attached hydrogens (tertiary/aromatic N) is 1. The van der Waals surface area contributed by atoms with E-state index in [9.17, 15) is 14.0 Å². The number of carbonyl (C=O) groups excluding carboxylic acids is 2. The number of carbonyl (C=O) groups is 2. The zero-order valence-electron chi connectivity index (χ0n) is 12.3. The standard InChI is InChI=1S/C16H21FN2O2/c1-19(16(21)10-12-4-2-3-5-12)11-15(20)18-14-8-6-13(17)7-9-14/h6-9,12H,2-5,10-11H2,1H3,(H,18,20). The minimum Gasteiger partial charge on any atom is -0.336 e. The van der Waals surface area contributed by atoms with Gasteiger partial charge in [-0.3, -0.25) is 9.59 Å². The molecule has 0 saturated heterocycles. The zero-order valence-corrected chi connectivity index (χ0v) is 12.3. The molecular weight excluding hydrogens is 271 g/mol. The average molecular weight is 292 g/mol. The molecule has 21 heavy (non-hydrogen) atoms. The van der Waals surface area contributed by atoms with Crippen molar-refractivity contribution < 1.29 is 14.0 Å². The van der Waals surface area contributed by atoms with Crippen LogP contribution in [0.25, 0.3) is 0 Å². The van der Waals surface area contributed by atoms with Gasteiger partial charge >= 0.3 is 0 Å². The summed E-state index contributed by atoms with van der Waals surface area (Å²) in [6.07, 6.45) is 5.16. The van der Waals surface area contributed by atoms with Crippen molar-refractivity contribution in [3.05, 3.63) is 30.1 Å². The monoisotopic (exact) mass is 292 g/mol. The van der Waals surface area contributed by atoms with Crippen LogP contribution in [0.3, 0.4) is 0 Å². The lowest BCUT2D eigenvalue weighted by atomic mass is 10.0. The maximum atomic E-state index is 12.8. The second-order valence-electron chi connectivity index (χ2n) is 5.66. The molecule has 2 rings (SSSR count). The third-order valence-electron chi connectivity index (χ3n) is 3.87. The molecule has 114 valence electrons. The second kappa shape index (κ2) is 7.20. The number of likely N-dealkylation sites (N-methyl/N-ethyl adjacent to an activating group) is 1. The fraction of sp³-hybridized carbons (Fsp3) is 0.500. The van der Waals surface area contributed by atoms with Gasteiger partial charge in [-0.05, 0) is 43.0 Å². The van der Waals surface area contributed by atoms with Crippen LogP contribution in [0.4, 0.5) is 10.1 Å². The fourth-order valence-electron chi connectivity index (χ4n) is 2.65. The van der Waals surface area contributed by atoms with Gasteiger partial charge in [-0.25, -0.2) is 4.39 Å². The van der Waals surface area contributed by atoms with Gasteiger partial charge in [-0.15, -0.1) is 0 Å². The van der Waals surface area contributed by atoms with E-state index in [-0.39, 0.29) is 24.2 Å². The van der Waals surface area contributed by atoms with E-state index in [1.54, 1.807) is 7.05 Å². The van der Waals surface area contributed by atoms with Crippen molar-refractivity contribution in [3.8, 4) is 0 Å². The van der Waals surface area contributed by atoms with Crippen molar-refractivity contribution in [2.75, 3.05) is 18.9 Å². The van der Waals surface area contributed by atoms with Gasteiger partial charge in [-0.2, -0.15) is 0 Å². The Morgan fingerprint density at radius 1 is 1.24 bits per heavy atom. The van der Waals surface area contributed by atoms with E-state index in [1.807, 2.05) is 0 Å². The maximum absolute atomic E-state index is 12.8. The van der Waals surface area contributed by atoms with E-state index >= 15 is 0 Å². The molecule has 1 aliphatic rings. The third-order valence-corrected chi connectivity index (χ3v) is 3.87. The Hall–Kier alpha value is -1.91. The van der Waals surface area contributed by atoms with Crippen LogP contribution < -0.4 is 5.32 Å². The Bertz CT molecular complexity index is 496. The molecule has 0 heterocycles. The van der Waals surface area contributed by atoms with Crippen LogP contribution in [0.15, 0.2) is 24.3 Å². The molecule has 0 unspecified atom stereocenters. The summed E-state index contributed by atoms with van der Waals surface area (Å²) in [4.78, 5) is 25.3. The first-order chi connectivity index (χ1) is 10.0. The normalized spacial score (nSPS) is 15.0. The summed E-state index contributed by atoms with van der Waals surface area (Å²) < 4.78 is 12.8. The molecule has 2 amide bonds. The van der Waals surface area contributed by atoms with Crippen LogP contribution in [-0.2, 0) is 9.59 Å². The molecule has 0 spiro atoms. The number of nitrogens with one attached hydrogen (secondary N) is 1. The van der Waals surface area contributed by atoms with E-state index in [0.717, 1.165) is 12.8 Å².